The number of nitrogens with one attached hydrogen (secondary N) is 1. The van der Waals surface area contributed by atoms with E-state index in [-0.39, 0.29) is 11.6 Å². The zero-order valence-corrected chi connectivity index (χ0v) is 15.8. The summed E-state index contributed by atoms with van der Waals surface area (Å²) in [5.74, 6) is 0.307. The molecule has 0 radical (unpaired) electrons. The predicted molar refractivity (Wildman–Crippen MR) is 107 cm³/mol. The Morgan fingerprint density at radius 3 is 2.59 bits per heavy atom. The molecule has 0 spiro atoms. The van der Waals surface area contributed by atoms with Crippen LogP contribution >= 0.6 is 0 Å². The molecule has 1 amide bonds. The van der Waals surface area contributed by atoms with Crippen molar-refractivity contribution in [3.05, 3.63) is 63.7 Å². The van der Waals surface area contributed by atoms with Crippen molar-refractivity contribution in [1.29, 1.82) is 0 Å². The van der Waals surface area contributed by atoms with Crippen LogP contribution in [0.1, 0.15) is 42.6 Å². The number of piperidine rings is 1. The van der Waals surface area contributed by atoms with Crippen LogP contribution in [0.15, 0.2) is 42.5 Å². The lowest BCUT2D eigenvalue weighted by molar-refractivity contribution is -0.384. The molecular formula is C21H25N3O3. The minimum absolute atomic E-state index is 0.0130. The second kappa shape index (κ2) is 8.20. The maximum absolute atomic E-state index is 12.6. The van der Waals surface area contributed by atoms with Gasteiger partial charge in [-0.15, -0.1) is 0 Å². The number of carbonyl (C=O) groups is 1. The molecule has 0 unspecified atom stereocenters. The van der Waals surface area contributed by atoms with Gasteiger partial charge in [0.15, 0.2) is 0 Å². The van der Waals surface area contributed by atoms with E-state index in [0.29, 0.717) is 17.2 Å². The third-order valence-corrected chi connectivity index (χ3v) is 5.21. The quantitative estimate of drug-likeness (QED) is 0.617. The van der Waals surface area contributed by atoms with Crippen LogP contribution in [0.4, 0.5) is 17.1 Å². The molecule has 1 heterocycles. The normalized spacial score (nSPS) is 14.8. The Kier molecular flexibility index (Phi) is 5.74. The number of nitro groups is 1. The fourth-order valence-electron chi connectivity index (χ4n) is 3.47. The molecule has 0 bridgehead atoms. The third kappa shape index (κ3) is 4.27. The molecule has 1 saturated heterocycles. The van der Waals surface area contributed by atoms with Crippen molar-refractivity contribution >= 4 is 23.0 Å². The van der Waals surface area contributed by atoms with Crippen molar-refractivity contribution in [2.45, 2.75) is 33.1 Å². The number of nitrogens with zero attached hydrogens (tertiary/aromatic N) is 2. The molecule has 6 nitrogen and oxygen atoms in total. The monoisotopic (exact) mass is 367 g/mol. The first-order valence-corrected chi connectivity index (χ1v) is 9.42. The molecule has 1 aliphatic rings. The van der Waals surface area contributed by atoms with Crippen LogP contribution in [0, 0.1) is 16.0 Å². The van der Waals surface area contributed by atoms with Crippen LogP contribution in [-0.2, 0) is 6.42 Å². The highest BCUT2D eigenvalue weighted by Crippen LogP contribution is 2.32. The first kappa shape index (κ1) is 18.9. The number of hydrogen-bond acceptors (Lipinski definition) is 4. The van der Waals surface area contributed by atoms with E-state index >= 15 is 0 Å². The molecule has 0 aliphatic carbocycles. The summed E-state index contributed by atoms with van der Waals surface area (Å²) in [6, 6.07) is 12.3. The van der Waals surface area contributed by atoms with E-state index in [0.717, 1.165) is 43.6 Å². The SMILES string of the molecule is CCc1ccccc1NC(=O)c1ccc(N2CCC(C)CC2)c([N+](=O)[O-])c1. The number of hydrogen-bond donors (Lipinski definition) is 1. The van der Waals surface area contributed by atoms with Crippen molar-refractivity contribution < 1.29 is 9.72 Å². The van der Waals surface area contributed by atoms with Crippen molar-refractivity contribution in [2.75, 3.05) is 23.3 Å². The summed E-state index contributed by atoms with van der Waals surface area (Å²) < 4.78 is 0. The van der Waals surface area contributed by atoms with Crippen LogP contribution in [0.5, 0.6) is 0 Å². The second-order valence-electron chi connectivity index (χ2n) is 7.09. The van der Waals surface area contributed by atoms with Crippen LogP contribution in [-0.4, -0.2) is 23.9 Å². The molecule has 142 valence electrons. The van der Waals surface area contributed by atoms with Crippen molar-refractivity contribution in [2.24, 2.45) is 5.92 Å². The average Bonchev–Trinajstić information content (AvgIpc) is 2.68. The summed E-state index contributed by atoms with van der Waals surface area (Å²) in [6.07, 6.45) is 2.84. The van der Waals surface area contributed by atoms with Crippen LogP contribution in [0.3, 0.4) is 0 Å². The molecule has 2 aromatic rings. The molecule has 0 aromatic heterocycles. The van der Waals surface area contributed by atoms with Gasteiger partial charge in [0.2, 0.25) is 0 Å². The van der Waals surface area contributed by atoms with Crippen molar-refractivity contribution in [3.63, 3.8) is 0 Å². The number of nitro benzene ring substituents is 1. The fraction of sp³-hybridized carbons (Fsp3) is 0.381. The molecule has 3 rings (SSSR count). The van der Waals surface area contributed by atoms with E-state index in [1.807, 2.05) is 36.1 Å². The minimum Gasteiger partial charge on any atom is -0.366 e. The Bertz CT molecular complexity index is 842. The van der Waals surface area contributed by atoms with E-state index in [4.69, 9.17) is 0 Å². The first-order chi connectivity index (χ1) is 13.0. The van der Waals surface area contributed by atoms with Crippen molar-refractivity contribution in [3.8, 4) is 0 Å². The first-order valence-electron chi connectivity index (χ1n) is 9.42. The lowest BCUT2D eigenvalue weighted by Crippen LogP contribution is -2.33. The topological polar surface area (TPSA) is 75.5 Å². The van der Waals surface area contributed by atoms with Gasteiger partial charge in [-0.2, -0.15) is 0 Å². The molecule has 2 aromatic carbocycles. The Balaban J connectivity index is 1.85. The van der Waals surface area contributed by atoms with Gasteiger partial charge in [-0.05, 0) is 48.9 Å². The highest BCUT2D eigenvalue weighted by atomic mass is 16.6. The molecule has 0 saturated carbocycles. The van der Waals surface area contributed by atoms with Gasteiger partial charge >= 0.3 is 0 Å². The van der Waals surface area contributed by atoms with Crippen LogP contribution < -0.4 is 10.2 Å². The molecule has 6 heteroatoms. The highest BCUT2D eigenvalue weighted by Gasteiger charge is 2.24. The van der Waals surface area contributed by atoms with Gasteiger partial charge in [0, 0.05) is 30.4 Å². The number of anilines is 2. The van der Waals surface area contributed by atoms with Gasteiger partial charge in [-0.1, -0.05) is 32.0 Å². The molecule has 1 fully saturated rings. The van der Waals surface area contributed by atoms with Crippen LogP contribution in [0.25, 0.3) is 0 Å². The van der Waals surface area contributed by atoms with Gasteiger partial charge in [-0.3, -0.25) is 14.9 Å². The molecule has 1 N–H and O–H groups in total. The largest absolute Gasteiger partial charge is 0.366 e. The lowest BCUT2D eigenvalue weighted by Gasteiger charge is -2.31. The molecule has 1 aliphatic heterocycles. The fourth-order valence-corrected chi connectivity index (χ4v) is 3.47. The summed E-state index contributed by atoms with van der Waals surface area (Å²) in [5.41, 5.74) is 2.64. The maximum atomic E-state index is 12.6. The van der Waals surface area contributed by atoms with E-state index < -0.39 is 4.92 Å². The second-order valence-corrected chi connectivity index (χ2v) is 7.09. The summed E-state index contributed by atoms with van der Waals surface area (Å²) >= 11 is 0. The number of aryl methyl sites for hydroxylation is 1. The van der Waals surface area contributed by atoms with Crippen molar-refractivity contribution in [1.82, 2.24) is 0 Å². The Morgan fingerprint density at radius 1 is 1.22 bits per heavy atom. The smallest absolute Gasteiger partial charge is 0.293 e. The Hall–Kier alpha value is -2.89. The summed E-state index contributed by atoms with van der Waals surface area (Å²) in [7, 11) is 0. The molecular weight excluding hydrogens is 342 g/mol. The Morgan fingerprint density at radius 2 is 1.93 bits per heavy atom. The minimum atomic E-state index is -0.399. The number of amides is 1. The van der Waals surface area contributed by atoms with E-state index in [9.17, 15) is 14.9 Å². The summed E-state index contributed by atoms with van der Waals surface area (Å²) in [4.78, 5) is 25.9. The van der Waals surface area contributed by atoms with Gasteiger partial charge < -0.3 is 10.2 Å². The number of benzene rings is 2. The number of rotatable bonds is 5. The van der Waals surface area contributed by atoms with E-state index in [1.165, 1.54) is 6.07 Å². The van der Waals surface area contributed by atoms with Crippen LogP contribution in [0.2, 0.25) is 0 Å². The summed E-state index contributed by atoms with van der Waals surface area (Å²) in [6.45, 7) is 5.83. The molecule has 0 atom stereocenters. The summed E-state index contributed by atoms with van der Waals surface area (Å²) in [5, 5.41) is 14.5. The lowest BCUT2D eigenvalue weighted by atomic mass is 9.98. The third-order valence-electron chi connectivity index (χ3n) is 5.21. The number of para-hydroxylation sites is 1. The predicted octanol–water partition coefficient (Wildman–Crippen LogP) is 4.65. The zero-order chi connectivity index (χ0) is 19.4. The average molecular weight is 367 g/mol. The zero-order valence-electron chi connectivity index (χ0n) is 15.8. The maximum Gasteiger partial charge on any atom is 0.293 e. The molecule has 27 heavy (non-hydrogen) atoms. The standard InChI is InChI=1S/C21H25N3O3/c1-3-16-6-4-5-7-18(16)22-21(25)17-8-9-19(20(14-17)24(26)27)23-12-10-15(2)11-13-23/h4-9,14-15H,3,10-13H2,1-2H3,(H,22,25). The van der Waals surface area contributed by atoms with Gasteiger partial charge in [0.25, 0.3) is 11.6 Å². The highest BCUT2D eigenvalue weighted by molar-refractivity contribution is 6.05. The number of carbonyl (C=O) groups excluding carboxylic acids is 1. The van der Waals surface area contributed by atoms with Gasteiger partial charge in [0.1, 0.15) is 5.69 Å². The van der Waals surface area contributed by atoms with E-state index in [2.05, 4.69) is 12.2 Å². The van der Waals surface area contributed by atoms with Gasteiger partial charge in [-0.25, -0.2) is 0 Å². The van der Waals surface area contributed by atoms with E-state index in [1.54, 1.807) is 12.1 Å². The van der Waals surface area contributed by atoms with Gasteiger partial charge in [0.05, 0.1) is 4.92 Å². The Labute approximate surface area is 159 Å².